The number of aliphatic carboxylic acids is 1. The van der Waals surface area contributed by atoms with Crippen molar-refractivity contribution in [1.82, 2.24) is 0 Å². The molecule has 3 nitrogen and oxygen atoms in total. The molecule has 25 heavy (non-hydrogen) atoms. The molecule has 3 aromatic rings. The summed E-state index contributed by atoms with van der Waals surface area (Å²) in [7, 11) is 0. The monoisotopic (exact) mass is 334 g/mol. The predicted octanol–water partition coefficient (Wildman–Crippen LogP) is 4.87. The Bertz CT molecular complexity index is 832. The van der Waals surface area contributed by atoms with Crippen LogP contribution in [0.25, 0.3) is 10.8 Å². The van der Waals surface area contributed by atoms with E-state index in [0.717, 1.165) is 24.2 Å². The van der Waals surface area contributed by atoms with Gasteiger partial charge in [0, 0.05) is 12.8 Å². The molecule has 0 heterocycles. The van der Waals surface area contributed by atoms with Crippen LogP contribution in [-0.2, 0) is 17.6 Å². The quantitative estimate of drug-likeness (QED) is 0.639. The summed E-state index contributed by atoms with van der Waals surface area (Å²) in [5, 5.41) is 11.2. The molecule has 1 N–H and O–H groups in total. The lowest BCUT2D eigenvalue weighted by Gasteiger charge is -2.09. The van der Waals surface area contributed by atoms with E-state index in [4.69, 9.17) is 9.84 Å². The number of carbonyl (C=O) groups is 1. The van der Waals surface area contributed by atoms with E-state index in [2.05, 4.69) is 42.5 Å². The highest BCUT2D eigenvalue weighted by Crippen LogP contribution is 2.20. The molecule has 0 atom stereocenters. The predicted molar refractivity (Wildman–Crippen MR) is 100 cm³/mol. The minimum absolute atomic E-state index is 0.212. The van der Waals surface area contributed by atoms with Gasteiger partial charge in [-0.3, -0.25) is 4.79 Å². The molecule has 0 aliphatic rings. The molecule has 0 amide bonds. The number of hydrogen-bond donors (Lipinski definition) is 1. The Labute approximate surface area is 147 Å². The maximum absolute atomic E-state index is 10.5. The Morgan fingerprint density at radius 1 is 0.880 bits per heavy atom. The Morgan fingerprint density at radius 3 is 2.44 bits per heavy atom. The van der Waals surface area contributed by atoms with Gasteiger partial charge in [0.25, 0.3) is 0 Å². The number of carboxylic acids is 1. The van der Waals surface area contributed by atoms with E-state index in [1.165, 1.54) is 16.3 Å². The average molecular weight is 334 g/mol. The molecule has 3 rings (SSSR count). The zero-order valence-corrected chi connectivity index (χ0v) is 14.2. The fourth-order valence-corrected chi connectivity index (χ4v) is 2.99. The molecule has 0 unspecified atom stereocenters. The van der Waals surface area contributed by atoms with E-state index >= 15 is 0 Å². The van der Waals surface area contributed by atoms with Crippen molar-refractivity contribution in [3.63, 3.8) is 0 Å². The minimum Gasteiger partial charge on any atom is -0.493 e. The number of aryl methyl sites for hydroxylation is 1. The summed E-state index contributed by atoms with van der Waals surface area (Å²) in [6, 6.07) is 22.7. The highest BCUT2D eigenvalue weighted by Gasteiger charge is 2.02. The summed E-state index contributed by atoms with van der Waals surface area (Å²) in [5.41, 5.74) is 2.44. The summed E-state index contributed by atoms with van der Waals surface area (Å²) < 4.78 is 5.86. The van der Waals surface area contributed by atoms with Gasteiger partial charge in [-0.05, 0) is 46.9 Å². The normalized spacial score (nSPS) is 10.7. The van der Waals surface area contributed by atoms with E-state index in [1.807, 2.05) is 24.3 Å². The van der Waals surface area contributed by atoms with Gasteiger partial charge in [0.1, 0.15) is 5.75 Å². The second-order valence-corrected chi connectivity index (χ2v) is 6.13. The van der Waals surface area contributed by atoms with Crippen LogP contribution in [-0.4, -0.2) is 17.7 Å². The van der Waals surface area contributed by atoms with E-state index in [1.54, 1.807) is 0 Å². The first-order valence-electron chi connectivity index (χ1n) is 8.62. The highest BCUT2D eigenvalue weighted by atomic mass is 16.5. The van der Waals surface area contributed by atoms with Gasteiger partial charge in [-0.1, -0.05) is 54.6 Å². The van der Waals surface area contributed by atoms with Crippen LogP contribution in [0.1, 0.15) is 24.0 Å². The first-order valence-corrected chi connectivity index (χ1v) is 8.62. The maximum atomic E-state index is 10.5. The molecule has 0 bridgehead atoms. The van der Waals surface area contributed by atoms with E-state index in [-0.39, 0.29) is 6.42 Å². The molecule has 0 saturated heterocycles. The minimum atomic E-state index is -0.742. The number of benzene rings is 3. The molecule has 0 radical (unpaired) electrons. The van der Waals surface area contributed by atoms with Crippen LogP contribution in [0.4, 0.5) is 0 Å². The van der Waals surface area contributed by atoms with Crippen LogP contribution in [0.3, 0.4) is 0 Å². The fourth-order valence-electron chi connectivity index (χ4n) is 2.99. The van der Waals surface area contributed by atoms with Crippen molar-refractivity contribution in [2.45, 2.75) is 25.7 Å². The van der Waals surface area contributed by atoms with Crippen molar-refractivity contribution in [3.05, 3.63) is 77.9 Å². The van der Waals surface area contributed by atoms with Crippen LogP contribution < -0.4 is 4.74 Å². The van der Waals surface area contributed by atoms with Crippen molar-refractivity contribution < 1.29 is 14.6 Å². The molecule has 0 spiro atoms. The van der Waals surface area contributed by atoms with Crippen LogP contribution in [0.2, 0.25) is 0 Å². The Balaban J connectivity index is 1.52. The van der Waals surface area contributed by atoms with Crippen molar-refractivity contribution in [1.29, 1.82) is 0 Å². The van der Waals surface area contributed by atoms with Crippen LogP contribution in [0.5, 0.6) is 5.75 Å². The zero-order chi connectivity index (χ0) is 17.5. The van der Waals surface area contributed by atoms with E-state index in [9.17, 15) is 4.79 Å². The standard InChI is InChI=1S/C22H22O3/c23-22(24)10-3-5-17-11-13-20(14-12-17)25-16-15-19-8-4-7-18-6-1-2-9-21(18)19/h1-2,4,6-9,11-14H,3,5,10,15-16H2,(H,23,24). The Morgan fingerprint density at radius 2 is 1.64 bits per heavy atom. The number of carboxylic acid groups (broad SMARTS) is 1. The Kier molecular flexibility index (Phi) is 5.68. The third-order valence-corrected chi connectivity index (χ3v) is 4.30. The first-order chi connectivity index (χ1) is 12.2. The zero-order valence-electron chi connectivity index (χ0n) is 14.2. The summed E-state index contributed by atoms with van der Waals surface area (Å²) in [5.74, 6) is 0.107. The number of rotatable bonds is 8. The average Bonchev–Trinajstić information content (AvgIpc) is 2.63. The molecule has 3 aromatic carbocycles. The molecule has 0 aliphatic heterocycles. The second-order valence-electron chi connectivity index (χ2n) is 6.13. The van der Waals surface area contributed by atoms with Crippen LogP contribution in [0.15, 0.2) is 66.7 Å². The van der Waals surface area contributed by atoms with Gasteiger partial charge in [0.2, 0.25) is 0 Å². The number of hydrogen-bond acceptors (Lipinski definition) is 2. The molecular formula is C22H22O3. The second kappa shape index (κ2) is 8.34. The summed E-state index contributed by atoms with van der Waals surface area (Å²) in [6.45, 7) is 0.631. The number of fused-ring (bicyclic) bond motifs is 1. The van der Waals surface area contributed by atoms with Gasteiger partial charge in [-0.2, -0.15) is 0 Å². The third-order valence-electron chi connectivity index (χ3n) is 4.30. The van der Waals surface area contributed by atoms with Gasteiger partial charge in [0.05, 0.1) is 6.61 Å². The highest BCUT2D eigenvalue weighted by molar-refractivity contribution is 5.85. The fraction of sp³-hybridized carbons (Fsp3) is 0.227. The topological polar surface area (TPSA) is 46.5 Å². The summed E-state index contributed by atoms with van der Waals surface area (Å²) in [4.78, 5) is 10.5. The smallest absolute Gasteiger partial charge is 0.303 e. The maximum Gasteiger partial charge on any atom is 0.303 e. The molecule has 128 valence electrons. The van der Waals surface area contributed by atoms with Crippen LogP contribution in [0, 0.1) is 0 Å². The van der Waals surface area contributed by atoms with E-state index in [0.29, 0.717) is 13.0 Å². The van der Waals surface area contributed by atoms with Gasteiger partial charge in [0.15, 0.2) is 0 Å². The van der Waals surface area contributed by atoms with Crippen molar-refractivity contribution in [2.24, 2.45) is 0 Å². The lowest BCUT2D eigenvalue weighted by atomic mass is 10.0. The Hall–Kier alpha value is -2.81. The molecule has 3 heteroatoms. The molecule has 0 aliphatic carbocycles. The molecule has 0 aromatic heterocycles. The van der Waals surface area contributed by atoms with Crippen molar-refractivity contribution >= 4 is 16.7 Å². The first kappa shape index (κ1) is 17.0. The molecular weight excluding hydrogens is 312 g/mol. The molecule has 0 saturated carbocycles. The largest absolute Gasteiger partial charge is 0.493 e. The van der Waals surface area contributed by atoms with Gasteiger partial charge in [-0.25, -0.2) is 0 Å². The van der Waals surface area contributed by atoms with E-state index < -0.39 is 5.97 Å². The lowest BCUT2D eigenvalue weighted by Crippen LogP contribution is -2.02. The lowest BCUT2D eigenvalue weighted by molar-refractivity contribution is -0.137. The molecule has 0 fully saturated rings. The van der Waals surface area contributed by atoms with Gasteiger partial charge < -0.3 is 9.84 Å². The number of ether oxygens (including phenoxy) is 1. The SMILES string of the molecule is O=C(O)CCCc1ccc(OCCc2cccc3ccccc23)cc1. The van der Waals surface area contributed by atoms with Crippen molar-refractivity contribution in [3.8, 4) is 5.75 Å². The van der Waals surface area contributed by atoms with Crippen molar-refractivity contribution in [2.75, 3.05) is 6.61 Å². The summed E-state index contributed by atoms with van der Waals surface area (Å²) in [6.07, 6.45) is 2.52. The third kappa shape index (κ3) is 4.83. The summed E-state index contributed by atoms with van der Waals surface area (Å²) >= 11 is 0. The van der Waals surface area contributed by atoms with Gasteiger partial charge >= 0.3 is 5.97 Å². The van der Waals surface area contributed by atoms with Crippen LogP contribution >= 0.6 is 0 Å². The van der Waals surface area contributed by atoms with Gasteiger partial charge in [-0.15, -0.1) is 0 Å².